The van der Waals surface area contributed by atoms with Gasteiger partial charge in [-0.2, -0.15) is 0 Å². The molecule has 0 spiro atoms. The highest BCUT2D eigenvalue weighted by Gasteiger charge is 2.24. The van der Waals surface area contributed by atoms with Crippen molar-refractivity contribution >= 4 is 15.9 Å². The van der Waals surface area contributed by atoms with Crippen LogP contribution in [0.2, 0.25) is 0 Å². The summed E-state index contributed by atoms with van der Waals surface area (Å²) in [5.74, 6) is 0.797. The number of benzene rings is 1. The molecule has 100 valence electrons. The fourth-order valence-electron chi connectivity index (χ4n) is 3.25. The van der Waals surface area contributed by atoms with Crippen molar-refractivity contribution in [1.29, 1.82) is 0 Å². The van der Waals surface area contributed by atoms with Gasteiger partial charge in [0.25, 0.3) is 0 Å². The average Bonchev–Trinajstić information content (AvgIpc) is 2.64. The van der Waals surface area contributed by atoms with Gasteiger partial charge in [0.15, 0.2) is 0 Å². The lowest BCUT2D eigenvalue weighted by molar-refractivity contribution is 0.340. The SMILES string of the molecule is CNC(c1cccc(Br)c1C)C1CCCCCC1. The van der Waals surface area contributed by atoms with Crippen LogP contribution in [-0.4, -0.2) is 7.05 Å². The van der Waals surface area contributed by atoms with E-state index in [1.807, 2.05) is 0 Å². The van der Waals surface area contributed by atoms with Crippen LogP contribution >= 0.6 is 15.9 Å². The molecule has 1 aliphatic rings. The molecule has 0 aliphatic heterocycles. The molecule has 1 saturated carbocycles. The lowest BCUT2D eigenvalue weighted by Crippen LogP contribution is -2.26. The highest BCUT2D eigenvalue weighted by atomic mass is 79.9. The van der Waals surface area contributed by atoms with Crippen LogP contribution in [0.25, 0.3) is 0 Å². The van der Waals surface area contributed by atoms with Crippen LogP contribution in [0.4, 0.5) is 0 Å². The molecule has 0 bridgehead atoms. The lowest BCUT2D eigenvalue weighted by Gasteiger charge is -2.28. The van der Waals surface area contributed by atoms with Crippen LogP contribution in [0, 0.1) is 12.8 Å². The van der Waals surface area contributed by atoms with Crippen LogP contribution in [0.5, 0.6) is 0 Å². The second-order valence-corrected chi connectivity index (χ2v) is 6.33. The third-order valence-electron chi connectivity index (χ3n) is 4.33. The third kappa shape index (κ3) is 3.16. The van der Waals surface area contributed by atoms with Crippen molar-refractivity contribution in [2.75, 3.05) is 7.05 Å². The Bertz CT molecular complexity index is 381. The van der Waals surface area contributed by atoms with Gasteiger partial charge in [0.05, 0.1) is 0 Å². The Kier molecular flexibility index (Phi) is 5.25. The fraction of sp³-hybridized carbons (Fsp3) is 0.625. The Morgan fingerprint density at radius 2 is 1.83 bits per heavy atom. The van der Waals surface area contributed by atoms with Gasteiger partial charge in [0.2, 0.25) is 0 Å². The Morgan fingerprint density at radius 3 is 2.44 bits per heavy atom. The van der Waals surface area contributed by atoms with Crippen LogP contribution in [0.3, 0.4) is 0 Å². The van der Waals surface area contributed by atoms with Gasteiger partial charge in [0.1, 0.15) is 0 Å². The molecule has 1 aromatic carbocycles. The molecule has 1 unspecified atom stereocenters. The molecule has 1 fully saturated rings. The van der Waals surface area contributed by atoms with Crippen molar-refractivity contribution in [3.63, 3.8) is 0 Å². The molecule has 0 radical (unpaired) electrons. The van der Waals surface area contributed by atoms with Crippen molar-refractivity contribution < 1.29 is 0 Å². The maximum absolute atomic E-state index is 3.66. The molecule has 2 heteroatoms. The molecule has 0 heterocycles. The van der Waals surface area contributed by atoms with Crippen molar-refractivity contribution in [2.45, 2.75) is 51.5 Å². The zero-order valence-corrected chi connectivity index (χ0v) is 13.1. The number of halogens is 1. The van der Waals surface area contributed by atoms with E-state index in [2.05, 4.69) is 53.4 Å². The van der Waals surface area contributed by atoms with Crippen LogP contribution in [0.1, 0.15) is 55.7 Å². The summed E-state index contributed by atoms with van der Waals surface area (Å²) in [5.41, 5.74) is 2.86. The van der Waals surface area contributed by atoms with E-state index >= 15 is 0 Å². The zero-order valence-electron chi connectivity index (χ0n) is 11.5. The minimum absolute atomic E-state index is 0.514. The maximum Gasteiger partial charge on any atom is 0.0349 e. The number of rotatable bonds is 3. The first-order chi connectivity index (χ1) is 8.74. The predicted molar refractivity (Wildman–Crippen MR) is 81.9 cm³/mol. The zero-order chi connectivity index (χ0) is 13.0. The summed E-state index contributed by atoms with van der Waals surface area (Å²) in [6, 6.07) is 7.10. The summed E-state index contributed by atoms with van der Waals surface area (Å²) in [4.78, 5) is 0. The molecule has 1 atom stereocenters. The van der Waals surface area contributed by atoms with Gasteiger partial charge in [-0.05, 0) is 49.9 Å². The monoisotopic (exact) mass is 309 g/mol. The summed E-state index contributed by atoms with van der Waals surface area (Å²) < 4.78 is 1.23. The molecular weight excluding hydrogens is 286 g/mol. The van der Waals surface area contributed by atoms with Gasteiger partial charge in [-0.1, -0.05) is 53.7 Å². The van der Waals surface area contributed by atoms with Crippen LogP contribution in [0.15, 0.2) is 22.7 Å². The summed E-state index contributed by atoms with van der Waals surface area (Å²) in [7, 11) is 2.11. The predicted octanol–water partition coefficient (Wildman–Crippen LogP) is 4.99. The van der Waals surface area contributed by atoms with E-state index in [0.29, 0.717) is 6.04 Å². The van der Waals surface area contributed by atoms with E-state index in [4.69, 9.17) is 0 Å². The Morgan fingerprint density at radius 1 is 1.17 bits per heavy atom. The van der Waals surface area contributed by atoms with Crippen molar-refractivity contribution in [2.24, 2.45) is 5.92 Å². The van der Waals surface area contributed by atoms with Gasteiger partial charge < -0.3 is 5.32 Å². The molecule has 1 aromatic rings. The molecule has 0 amide bonds. The van der Waals surface area contributed by atoms with Crippen molar-refractivity contribution in [1.82, 2.24) is 5.32 Å². The van der Waals surface area contributed by atoms with E-state index in [9.17, 15) is 0 Å². The minimum Gasteiger partial charge on any atom is -0.313 e. The standard InChI is InChI=1S/C16H24BrN/c1-12-14(10-7-11-15(12)17)16(18-2)13-8-5-3-4-6-9-13/h7,10-11,13,16,18H,3-6,8-9H2,1-2H3. The molecule has 0 aromatic heterocycles. The fourth-order valence-corrected chi connectivity index (χ4v) is 3.63. The molecular formula is C16H24BrN. The van der Waals surface area contributed by atoms with Crippen LogP contribution in [-0.2, 0) is 0 Å². The third-order valence-corrected chi connectivity index (χ3v) is 5.19. The Labute approximate surface area is 119 Å². The maximum atomic E-state index is 3.66. The van der Waals surface area contributed by atoms with Gasteiger partial charge in [0, 0.05) is 10.5 Å². The number of hydrogen-bond acceptors (Lipinski definition) is 1. The molecule has 1 N–H and O–H groups in total. The highest BCUT2D eigenvalue weighted by molar-refractivity contribution is 9.10. The van der Waals surface area contributed by atoms with E-state index in [1.165, 1.54) is 54.1 Å². The average molecular weight is 310 g/mol. The van der Waals surface area contributed by atoms with Gasteiger partial charge in [-0.25, -0.2) is 0 Å². The van der Waals surface area contributed by atoms with E-state index in [-0.39, 0.29) is 0 Å². The smallest absolute Gasteiger partial charge is 0.0349 e. The molecule has 1 nitrogen and oxygen atoms in total. The molecule has 18 heavy (non-hydrogen) atoms. The van der Waals surface area contributed by atoms with Gasteiger partial charge in [-0.3, -0.25) is 0 Å². The topological polar surface area (TPSA) is 12.0 Å². The van der Waals surface area contributed by atoms with E-state index in [0.717, 1.165) is 5.92 Å². The molecule has 0 saturated heterocycles. The Balaban J connectivity index is 2.23. The first-order valence-corrected chi connectivity index (χ1v) is 7.95. The van der Waals surface area contributed by atoms with Crippen molar-refractivity contribution in [3.05, 3.63) is 33.8 Å². The van der Waals surface area contributed by atoms with E-state index < -0.39 is 0 Å². The van der Waals surface area contributed by atoms with Crippen LogP contribution < -0.4 is 5.32 Å². The van der Waals surface area contributed by atoms with Gasteiger partial charge >= 0.3 is 0 Å². The quantitative estimate of drug-likeness (QED) is 0.776. The van der Waals surface area contributed by atoms with Crippen molar-refractivity contribution in [3.8, 4) is 0 Å². The first-order valence-electron chi connectivity index (χ1n) is 7.16. The molecule has 1 aliphatic carbocycles. The molecule has 2 rings (SSSR count). The largest absolute Gasteiger partial charge is 0.313 e. The second kappa shape index (κ2) is 6.72. The number of hydrogen-bond donors (Lipinski definition) is 1. The normalized spacial score (nSPS) is 19.5. The second-order valence-electron chi connectivity index (χ2n) is 5.47. The summed E-state index contributed by atoms with van der Waals surface area (Å²) in [6.07, 6.45) is 8.38. The Hall–Kier alpha value is -0.340. The summed E-state index contributed by atoms with van der Waals surface area (Å²) >= 11 is 3.66. The summed E-state index contributed by atoms with van der Waals surface area (Å²) in [6.45, 7) is 2.22. The summed E-state index contributed by atoms with van der Waals surface area (Å²) in [5, 5.41) is 3.56. The number of nitrogens with one attached hydrogen (secondary N) is 1. The van der Waals surface area contributed by atoms with E-state index in [1.54, 1.807) is 0 Å². The first kappa shape index (κ1) is 14.1. The lowest BCUT2D eigenvalue weighted by atomic mass is 9.85. The minimum atomic E-state index is 0.514. The highest BCUT2D eigenvalue weighted by Crippen LogP contribution is 2.36. The van der Waals surface area contributed by atoms with Gasteiger partial charge in [-0.15, -0.1) is 0 Å².